The number of carbonyl (C=O) groups excluding carboxylic acids is 1. The van der Waals surface area contributed by atoms with Gasteiger partial charge in [-0.25, -0.2) is 8.42 Å². The van der Waals surface area contributed by atoms with Gasteiger partial charge in [-0.05, 0) is 54.2 Å². The summed E-state index contributed by atoms with van der Waals surface area (Å²) in [6.45, 7) is 2.53. The highest BCUT2D eigenvalue weighted by molar-refractivity contribution is 7.93. The smallest absolute Gasteiger partial charge is 0.325 e. The number of hydrogen-bond donors (Lipinski definition) is 1. The molecule has 0 aliphatic carbocycles. The second-order valence-electron chi connectivity index (χ2n) is 8.40. The molecule has 2 aliphatic rings. The number of anilines is 1. The topological polar surface area (TPSA) is 75.7 Å². The summed E-state index contributed by atoms with van der Waals surface area (Å²) < 4.78 is 32.6. The van der Waals surface area contributed by atoms with Crippen molar-refractivity contribution in [3.8, 4) is 0 Å². The number of fused-ring (bicyclic) bond motifs is 1. The third-order valence-corrected chi connectivity index (χ3v) is 8.61. The van der Waals surface area contributed by atoms with Crippen molar-refractivity contribution in [2.24, 2.45) is 0 Å². The molecule has 1 N–H and O–H groups in total. The first-order valence-corrected chi connectivity index (χ1v) is 12.1. The van der Waals surface area contributed by atoms with Crippen LogP contribution in [-0.2, 0) is 24.8 Å². The Balaban J connectivity index is 1.80. The maximum Gasteiger partial charge on any atom is 0.325 e. The zero-order valence-electron chi connectivity index (χ0n) is 17.9. The van der Waals surface area contributed by atoms with Crippen LogP contribution in [0.4, 0.5) is 5.69 Å². The summed E-state index contributed by atoms with van der Waals surface area (Å²) in [7, 11) is -2.45. The number of allylic oxidation sites excluding steroid dienone is 2. The molecule has 0 saturated heterocycles. The zero-order chi connectivity index (χ0) is 23.0. The highest BCUT2D eigenvalue weighted by atomic mass is 35.5. The fourth-order valence-electron chi connectivity index (χ4n) is 4.64. The van der Waals surface area contributed by atoms with Gasteiger partial charge in [0.25, 0.3) is 0 Å². The molecule has 0 spiro atoms. The lowest BCUT2D eigenvalue weighted by molar-refractivity contribution is -0.138. The number of sulfone groups is 1. The fraction of sp³-hybridized carbons (Fsp3) is 0.292. The summed E-state index contributed by atoms with van der Waals surface area (Å²) in [6, 6.07) is 13.9. The van der Waals surface area contributed by atoms with E-state index in [1.165, 1.54) is 7.11 Å². The molecule has 2 aliphatic heterocycles. The van der Waals surface area contributed by atoms with E-state index < -0.39 is 20.1 Å². The van der Waals surface area contributed by atoms with Crippen molar-refractivity contribution in [2.45, 2.75) is 28.5 Å². The molecular formula is C24H25ClN2O4S. The maximum absolute atomic E-state index is 13.9. The number of nitrogens with one attached hydrogen (secondary N) is 1. The van der Waals surface area contributed by atoms with Crippen molar-refractivity contribution in [1.82, 2.24) is 5.32 Å². The lowest BCUT2D eigenvalue weighted by Gasteiger charge is -2.39. The average Bonchev–Trinajstić information content (AvgIpc) is 3.05. The predicted octanol–water partition coefficient (Wildman–Crippen LogP) is 3.82. The van der Waals surface area contributed by atoms with Crippen LogP contribution in [0.25, 0.3) is 0 Å². The molecule has 32 heavy (non-hydrogen) atoms. The van der Waals surface area contributed by atoms with Crippen LogP contribution in [-0.4, -0.2) is 39.5 Å². The van der Waals surface area contributed by atoms with Gasteiger partial charge in [0.15, 0.2) is 4.87 Å². The van der Waals surface area contributed by atoms with Crippen LogP contribution in [0.1, 0.15) is 18.9 Å². The molecular weight excluding hydrogens is 448 g/mol. The minimum atomic E-state index is -3.80. The number of rotatable bonds is 6. The van der Waals surface area contributed by atoms with Gasteiger partial charge in [0.05, 0.1) is 12.0 Å². The molecule has 4 rings (SSSR count). The first-order valence-electron chi connectivity index (χ1n) is 10.2. The number of hydrogen-bond acceptors (Lipinski definition) is 6. The van der Waals surface area contributed by atoms with Gasteiger partial charge in [-0.2, -0.15) is 0 Å². The van der Waals surface area contributed by atoms with Gasteiger partial charge in [-0.3, -0.25) is 4.79 Å². The lowest BCUT2D eigenvalue weighted by Crippen LogP contribution is -2.53. The zero-order valence-corrected chi connectivity index (χ0v) is 19.5. The SMILES string of the molecule is COC(=O)CN1CC(C)(CC2(S(=O)(=O)c3ccccc3)C=CC=CN2)c2cc(Cl)ccc21. The van der Waals surface area contributed by atoms with Gasteiger partial charge in [0.1, 0.15) is 6.54 Å². The van der Waals surface area contributed by atoms with Crippen LogP contribution in [0, 0.1) is 0 Å². The molecule has 2 atom stereocenters. The summed E-state index contributed by atoms with van der Waals surface area (Å²) in [5.41, 5.74) is 1.14. The second kappa shape index (κ2) is 8.30. The molecule has 2 heterocycles. The van der Waals surface area contributed by atoms with E-state index in [9.17, 15) is 13.2 Å². The summed E-state index contributed by atoms with van der Waals surface area (Å²) in [4.78, 5) is 12.8. The van der Waals surface area contributed by atoms with Crippen molar-refractivity contribution in [2.75, 3.05) is 25.1 Å². The second-order valence-corrected chi connectivity index (χ2v) is 11.0. The van der Waals surface area contributed by atoms with E-state index in [2.05, 4.69) is 5.32 Å². The van der Waals surface area contributed by atoms with Gasteiger partial charge < -0.3 is 15.0 Å². The summed E-state index contributed by atoms with van der Waals surface area (Å²) in [5.74, 6) is -0.361. The minimum Gasteiger partial charge on any atom is -0.468 e. The lowest BCUT2D eigenvalue weighted by atomic mass is 9.78. The predicted molar refractivity (Wildman–Crippen MR) is 125 cm³/mol. The van der Waals surface area contributed by atoms with E-state index in [-0.39, 0.29) is 23.8 Å². The van der Waals surface area contributed by atoms with Gasteiger partial charge >= 0.3 is 5.97 Å². The highest BCUT2D eigenvalue weighted by Crippen LogP contribution is 2.48. The Kier molecular flexibility index (Phi) is 5.81. The average molecular weight is 473 g/mol. The van der Waals surface area contributed by atoms with E-state index in [0.717, 1.165) is 11.3 Å². The number of carbonyl (C=O) groups is 1. The molecule has 6 nitrogen and oxygen atoms in total. The van der Waals surface area contributed by atoms with Crippen LogP contribution in [0.15, 0.2) is 77.9 Å². The molecule has 0 aromatic heterocycles. The summed E-state index contributed by atoms with van der Waals surface area (Å²) >= 11 is 6.33. The van der Waals surface area contributed by atoms with E-state index in [0.29, 0.717) is 11.6 Å². The third kappa shape index (κ3) is 3.80. The molecule has 0 bridgehead atoms. The molecule has 2 aromatic carbocycles. The van der Waals surface area contributed by atoms with Crippen LogP contribution in [0.2, 0.25) is 5.02 Å². The highest BCUT2D eigenvalue weighted by Gasteiger charge is 2.51. The van der Waals surface area contributed by atoms with Gasteiger partial charge in [-0.1, -0.05) is 42.8 Å². The fourth-order valence-corrected chi connectivity index (χ4v) is 6.73. The molecule has 0 amide bonds. The minimum absolute atomic E-state index is 0.0718. The Labute approximate surface area is 193 Å². The third-order valence-electron chi connectivity index (χ3n) is 6.12. The number of ether oxygens (including phenoxy) is 1. The van der Waals surface area contributed by atoms with Crippen LogP contribution in [0.3, 0.4) is 0 Å². The number of nitrogens with zero attached hydrogens (tertiary/aromatic N) is 1. The van der Waals surface area contributed by atoms with Gasteiger partial charge in [0, 0.05) is 29.1 Å². The maximum atomic E-state index is 13.9. The largest absolute Gasteiger partial charge is 0.468 e. The van der Waals surface area contributed by atoms with E-state index in [1.807, 2.05) is 24.0 Å². The Morgan fingerprint density at radius 2 is 1.94 bits per heavy atom. The number of methoxy groups -OCH3 is 1. The number of dihydropyridines is 1. The Morgan fingerprint density at radius 1 is 1.19 bits per heavy atom. The van der Waals surface area contributed by atoms with Crippen LogP contribution in [0.5, 0.6) is 0 Å². The van der Waals surface area contributed by atoms with Crippen LogP contribution >= 0.6 is 11.6 Å². The molecule has 2 aromatic rings. The summed E-state index contributed by atoms with van der Waals surface area (Å²) in [6.07, 6.45) is 7.12. The molecule has 8 heteroatoms. The molecule has 0 radical (unpaired) electrons. The monoisotopic (exact) mass is 472 g/mol. The normalized spacial score (nSPS) is 24.2. The van der Waals surface area contributed by atoms with Crippen molar-refractivity contribution in [3.63, 3.8) is 0 Å². The first kappa shape index (κ1) is 22.4. The van der Waals surface area contributed by atoms with E-state index >= 15 is 0 Å². The van der Waals surface area contributed by atoms with Crippen molar-refractivity contribution in [3.05, 3.63) is 83.5 Å². The van der Waals surface area contributed by atoms with E-state index in [4.69, 9.17) is 16.3 Å². The quantitative estimate of drug-likeness (QED) is 0.644. The van der Waals surface area contributed by atoms with Crippen LogP contribution < -0.4 is 10.2 Å². The Hall–Kier alpha value is -2.77. The number of esters is 1. The number of halogens is 1. The van der Waals surface area contributed by atoms with E-state index in [1.54, 1.807) is 60.8 Å². The van der Waals surface area contributed by atoms with Gasteiger partial charge in [-0.15, -0.1) is 0 Å². The van der Waals surface area contributed by atoms with Crippen molar-refractivity contribution >= 4 is 33.1 Å². The Morgan fingerprint density at radius 3 is 2.59 bits per heavy atom. The first-order chi connectivity index (χ1) is 15.2. The molecule has 0 saturated carbocycles. The standard InChI is InChI=1S/C24H25ClN2O4S/c1-23(17-27(15-22(28)31-2)21-11-10-18(25)14-20(21)23)16-24(12-6-7-13-26-24)32(29,30)19-8-4-3-5-9-19/h3-14,26H,15-17H2,1-2H3. The van der Waals surface area contributed by atoms with Crippen molar-refractivity contribution < 1.29 is 17.9 Å². The molecule has 2 unspecified atom stereocenters. The molecule has 0 fully saturated rings. The van der Waals surface area contributed by atoms with Crippen molar-refractivity contribution in [1.29, 1.82) is 0 Å². The molecule has 168 valence electrons. The summed E-state index contributed by atoms with van der Waals surface area (Å²) in [5, 5.41) is 3.69. The Bertz CT molecular complexity index is 1200. The number of benzene rings is 2. The van der Waals surface area contributed by atoms with Gasteiger partial charge in [0.2, 0.25) is 9.84 Å².